The van der Waals surface area contributed by atoms with E-state index in [9.17, 15) is 9.00 Å². The number of hydrogen-bond donors (Lipinski definition) is 2. The molecule has 0 rings (SSSR count). The van der Waals surface area contributed by atoms with Crippen LogP contribution in [0.1, 0.15) is 20.8 Å². The van der Waals surface area contributed by atoms with Crippen LogP contribution in [-0.2, 0) is 15.6 Å². The van der Waals surface area contributed by atoms with Crippen LogP contribution < -0.4 is 11.1 Å². The van der Waals surface area contributed by atoms with Crippen molar-refractivity contribution in [1.82, 2.24) is 5.32 Å². The Balaban J connectivity index is 3.91. The average molecular weight is 220 g/mol. The van der Waals surface area contributed by atoms with Crippen LogP contribution >= 0.6 is 0 Å². The van der Waals surface area contributed by atoms with Gasteiger partial charge >= 0.3 is 0 Å². The summed E-state index contributed by atoms with van der Waals surface area (Å²) < 4.78 is 10.7. The second-order valence-corrected chi connectivity index (χ2v) is 5.97. The van der Waals surface area contributed by atoms with Gasteiger partial charge in [0.15, 0.2) is 0 Å². The van der Waals surface area contributed by atoms with Crippen molar-refractivity contribution in [3.05, 3.63) is 0 Å². The second kappa shape index (κ2) is 5.46. The fourth-order valence-electron chi connectivity index (χ4n) is 0.821. The number of hydrogen-bond acceptors (Lipinski definition) is 3. The predicted octanol–water partition coefficient (Wildman–Crippen LogP) is -0.145. The second-order valence-electron chi connectivity index (χ2n) is 4.41. The highest BCUT2D eigenvalue weighted by atomic mass is 32.2. The molecule has 4 nitrogen and oxygen atoms in total. The standard InChI is InChI=1S/C9H20N2O2S/c1-9(2,3)7(10)8(12)11-5-6-14(4)13/h7H,5-6,10H2,1-4H3,(H,11,12). The molecule has 0 heterocycles. The van der Waals surface area contributed by atoms with Gasteiger partial charge in [0.05, 0.1) is 6.04 Å². The van der Waals surface area contributed by atoms with E-state index >= 15 is 0 Å². The molecule has 0 aliphatic heterocycles. The summed E-state index contributed by atoms with van der Waals surface area (Å²) in [5.41, 5.74) is 5.48. The first-order valence-corrected chi connectivity index (χ1v) is 6.31. The van der Waals surface area contributed by atoms with Gasteiger partial charge in [-0.15, -0.1) is 0 Å². The molecule has 0 saturated carbocycles. The molecule has 0 fully saturated rings. The highest BCUT2D eigenvalue weighted by Crippen LogP contribution is 2.16. The van der Waals surface area contributed by atoms with Gasteiger partial charge in [-0.2, -0.15) is 0 Å². The molecule has 5 heteroatoms. The van der Waals surface area contributed by atoms with Crippen LogP contribution in [0.2, 0.25) is 0 Å². The molecule has 0 aromatic rings. The smallest absolute Gasteiger partial charge is 0.237 e. The first-order valence-electron chi connectivity index (χ1n) is 4.58. The number of rotatable bonds is 4. The number of carbonyl (C=O) groups is 1. The average Bonchev–Trinajstić information content (AvgIpc) is 2.00. The van der Waals surface area contributed by atoms with Gasteiger partial charge < -0.3 is 11.1 Å². The number of carbonyl (C=O) groups excluding carboxylic acids is 1. The Morgan fingerprint density at radius 2 is 2.00 bits per heavy atom. The lowest BCUT2D eigenvalue weighted by atomic mass is 9.87. The van der Waals surface area contributed by atoms with Crippen LogP contribution in [0.3, 0.4) is 0 Å². The number of nitrogens with two attached hydrogens (primary N) is 1. The molecule has 14 heavy (non-hydrogen) atoms. The summed E-state index contributed by atoms with van der Waals surface area (Å²) in [5.74, 6) is 0.297. The molecule has 0 radical (unpaired) electrons. The Kier molecular flexibility index (Phi) is 5.29. The van der Waals surface area contributed by atoms with Gasteiger partial charge in [-0.1, -0.05) is 20.8 Å². The summed E-state index contributed by atoms with van der Waals surface area (Å²) in [7, 11) is -0.872. The molecular weight excluding hydrogens is 200 g/mol. The van der Waals surface area contributed by atoms with Crippen molar-refractivity contribution in [1.29, 1.82) is 0 Å². The van der Waals surface area contributed by atoms with Crippen LogP contribution in [0.5, 0.6) is 0 Å². The predicted molar refractivity (Wildman–Crippen MR) is 59.4 cm³/mol. The van der Waals surface area contributed by atoms with Crippen LogP contribution in [0, 0.1) is 5.41 Å². The molecule has 2 atom stereocenters. The monoisotopic (exact) mass is 220 g/mol. The van der Waals surface area contributed by atoms with E-state index in [0.717, 1.165) is 0 Å². The topological polar surface area (TPSA) is 72.2 Å². The van der Waals surface area contributed by atoms with Crippen molar-refractivity contribution in [3.8, 4) is 0 Å². The summed E-state index contributed by atoms with van der Waals surface area (Å²) in [5, 5.41) is 2.66. The van der Waals surface area contributed by atoms with Gasteiger partial charge in [0.2, 0.25) is 5.91 Å². The van der Waals surface area contributed by atoms with Crippen molar-refractivity contribution in [2.24, 2.45) is 11.1 Å². The summed E-state index contributed by atoms with van der Waals surface area (Å²) in [6.07, 6.45) is 1.61. The lowest BCUT2D eigenvalue weighted by Crippen LogP contribution is -2.49. The Labute approximate surface area is 88.1 Å². The fourth-order valence-corrected chi connectivity index (χ4v) is 1.21. The van der Waals surface area contributed by atoms with E-state index in [4.69, 9.17) is 5.73 Å². The van der Waals surface area contributed by atoms with Crippen LogP contribution in [-0.4, -0.2) is 34.7 Å². The fraction of sp³-hybridized carbons (Fsp3) is 0.889. The van der Waals surface area contributed by atoms with Gasteiger partial charge in [0.25, 0.3) is 0 Å². The molecule has 1 amide bonds. The van der Waals surface area contributed by atoms with Crippen LogP contribution in [0.25, 0.3) is 0 Å². The maximum Gasteiger partial charge on any atom is 0.237 e. The number of nitrogens with one attached hydrogen (secondary N) is 1. The van der Waals surface area contributed by atoms with E-state index in [2.05, 4.69) is 5.32 Å². The third kappa shape index (κ3) is 5.34. The van der Waals surface area contributed by atoms with Crippen molar-refractivity contribution >= 4 is 16.7 Å². The minimum atomic E-state index is -0.872. The maximum absolute atomic E-state index is 11.4. The van der Waals surface area contributed by atoms with Gasteiger partial charge in [-0.05, 0) is 5.41 Å². The molecular formula is C9H20N2O2S. The Morgan fingerprint density at radius 3 is 2.36 bits per heavy atom. The number of amides is 1. The Hall–Kier alpha value is -0.420. The molecule has 0 bridgehead atoms. The van der Waals surface area contributed by atoms with Crippen LogP contribution in [0.15, 0.2) is 0 Å². The zero-order chi connectivity index (χ0) is 11.4. The zero-order valence-corrected chi connectivity index (χ0v) is 10.1. The summed E-state index contributed by atoms with van der Waals surface area (Å²) in [6, 6.07) is -0.521. The highest BCUT2D eigenvalue weighted by Gasteiger charge is 2.26. The quantitative estimate of drug-likeness (QED) is 0.692. The lowest BCUT2D eigenvalue weighted by Gasteiger charge is -2.25. The molecule has 2 unspecified atom stereocenters. The third-order valence-electron chi connectivity index (χ3n) is 1.90. The normalized spacial score (nSPS) is 16.1. The van der Waals surface area contributed by atoms with E-state index in [1.54, 1.807) is 6.26 Å². The molecule has 84 valence electrons. The van der Waals surface area contributed by atoms with E-state index in [-0.39, 0.29) is 11.3 Å². The van der Waals surface area contributed by atoms with Gasteiger partial charge in [-0.3, -0.25) is 9.00 Å². The maximum atomic E-state index is 11.4. The molecule has 0 aromatic heterocycles. The van der Waals surface area contributed by atoms with Crippen molar-refractivity contribution in [2.75, 3.05) is 18.6 Å². The largest absolute Gasteiger partial charge is 0.354 e. The van der Waals surface area contributed by atoms with E-state index in [1.165, 1.54) is 0 Å². The lowest BCUT2D eigenvalue weighted by molar-refractivity contribution is -0.124. The molecule has 0 saturated heterocycles. The molecule has 0 aliphatic carbocycles. The summed E-state index contributed by atoms with van der Waals surface area (Å²) in [4.78, 5) is 11.4. The Bertz CT molecular complexity index is 223. The molecule has 3 N–H and O–H groups in total. The first-order chi connectivity index (χ1) is 6.25. The minimum Gasteiger partial charge on any atom is -0.354 e. The van der Waals surface area contributed by atoms with E-state index < -0.39 is 16.8 Å². The first kappa shape index (κ1) is 13.6. The van der Waals surface area contributed by atoms with Crippen LogP contribution in [0.4, 0.5) is 0 Å². The third-order valence-corrected chi connectivity index (χ3v) is 2.68. The SMILES string of the molecule is CS(=O)CCNC(=O)C(N)C(C)(C)C. The molecule has 0 aliphatic rings. The van der Waals surface area contributed by atoms with E-state index in [0.29, 0.717) is 12.3 Å². The van der Waals surface area contributed by atoms with Crippen molar-refractivity contribution < 1.29 is 9.00 Å². The van der Waals surface area contributed by atoms with Crippen molar-refractivity contribution in [2.45, 2.75) is 26.8 Å². The summed E-state index contributed by atoms with van der Waals surface area (Å²) >= 11 is 0. The molecule has 0 spiro atoms. The van der Waals surface area contributed by atoms with Crippen molar-refractivity contribution in [3.63, 3.8) is 0 Å². The minimum absolute atomic E-state index is 0.178. The molecule has 0 aromatic carbocycles. The highest BCUT2D eigenvalue weighted by molar-refractivity contribution is 7.84. The Morgan fingerprint density at radius 1 is 1.50 bits per heavy atom. The van der Waals surface area contributed by atoms with E-state index in [1.807, 2.05) is 20.8 Å². The van der Waals surface area contributed by atoms with Gasteiger partial charge in [0.1, 0.15) is 0 Å². The summed E-state index contributed by atoms with van der Waals surface area (Å²) in [6.45, 7) is 6.16. The van der Waals surface area contributed by atoms with Gasteiger partial charge in [-0.25, -0.2) is 0 Å². The zero-order valence-electron chi connectivity index (χ0n) is 9.29. The van der Waals surface area contributed by atoms with Gasteiger partial charge in [0, 0.05) is 29.4 Å².